The van der Waals surface area contributed by atoms with Gasteiger partial charge in [0.15, 0.2) is 0 Å². The molecule has 0 unspecified atom stereocenters. The Bertz CT molecular complexity index is 1380. The van der Waals surface area contributed by atoms with Crippen LogP contribution in [0.5, 0.6) is 0 Å². The van der Waals surface area contributed by atoms with Crippen LogP contribution in [0.2, 0.25) is 0 Å². The third-order valence-electron chi connectivity index (χ3n) is 5.44. The fourth-order valence-electron chi connectivity index (χ4n) is 3.42. The van der Waals surface area contributed by atoms with Gasteiger partial charge in [-0.1, -0.05) is 6.07 Å². The standard InChI is InChI=1S/C27H29FN6O3/c1-16-5-6-20(33-25(35)18-8-9-31-23(12-18)27(2,3)28)14-21(16)22(30)11-19(15-29)17-7-10-32-24(13-17)34-26(36)37-4/h5-15H,29-30H2,1-4H3,(H,33,35)(H,32,34,36)/b19-15+,22-11-. The highest BCUT2D eigenvalue weighted by Gasteiger charge is 2.22. The van der Waals surface area contributed by atoms with Gasteiger partial charge in [0.2, 0.25) is 0 Å². The van der Waals surface area contributed by atoms with Crippen LogP contribution in [-0.4, -0.2) is 29.1 Å². The van der Waals surface area contributed by atoms with Crippen LogP contribution in [0.3, 0.4) is 0 Å². The van der Waals surface area contributed by atoms with Gasteiger partial charge in [0.05, 0.1) is 12.8 Å². The first-order chi connectivity index (χ1) is 17.5. The predicted molar refractivity (Wildman–Crippen MR) is 142 cm³/mol. The monoisotopic (exact) mass is 504 g/mol. The lowest BCUT2D eigenvalue weighted by Gasteiger charge is -2.15. The molecule has 0 aliphatic rings. The number of aryl methyl sites for hydroxylation is 1. The van der Waals surface area contributed by atoms with Crippen LogP contribution in [0, 0.1) is 6.92 Å². The normalized spacial score (nSPS) is 12.1. The van der Waals surface area contributed by atoms with E-state index in [0.29, 0.717) is 28.1 Å². The number of nitrogens with zero attached hydrogens (tertiary/aromatic N) is 2. The number of nitrogens with one attached hydrogen (secondary N) is 2. The van der Waals surface area contributed by atoms with Gasteiger partial charge in [0.25, 0.3) is 5.91 Å². The summed E-state index contributed by atoms with van der Waals surface area (Å²) in [4.78, 5) is 32.4. The third-order valence-corrected chi connectivity index (χ3v) is 5.44. The van der Waals surface area contributed by atoms with E-state index in [9.17, 15) is 14.0 Å². The summed E-state index contributed by atoms with van der Waals surface area (Å²) in [6.07, 6.45) is 5.34. The van der Waals surface area contributed by atoms with Crippen LogP contribution in [0.25, 0.3) is 11.3 Å². The Kier molecular flexibility index (Phi) is 8.23. The summed E-state index contributed by atoms with van der Waals surface area (Å²) in [6.45, 7) is 4.65. The molecule has 10 heteroatoms. The molecule has 9 nitrogen and oxygen atoms in total. The molecule has 0 saturated heterocycles. The van der Waals surface area contributed by atoms with Crippen molar-refractivity contribution in [2.24, 2.45) is 11.5 Å². The van der Waals surface area contributed by atoms with Gasteiger partial charge in [-0.05, 0) is 79.9 Å². The smallest absolute Gasteiger partial charge is 0.412 e. The molecule has 0 radical (unpaired) electrons. The number of hydrogen-bond acceptors (Lipinski definition) is 7. The molecule has 0 fully saturated rings. The van der Waals surface area contributed by atoms with Crippen LogP contribution >= 0.6 is 0 Å². The van der Waals surface area contributed by atoms with E-state index < -0.39 is 17.7 Å². The molecule has 0 saturated carbocycles. The van der Waals surface area contributed by atoms with Gasteiger partial charge in [0, 0.05) is 41.1 Å². The fraction of sp³-hybridized carbons (Fsp3) is 0.185. The van der Waals surface area contributed by atoms with E-state index in [2.05, 4.69) is 25.3 Å². The summed E-state index contributed by atoms with van der Waals surface area (Å²) < 4.78 is 18.9. The number of anilines is 2. The van der Waals surface area contributed by atoms with E-state index in [1.807, 2.05) is 13.0 Å². The molecule has 0 aliphatic heterocycles. The van der Waals surface area contributed by atoms with E-state index >= 15 is 0 Å². The largest absolute Gasteiger partial charge is 0.453 e. The van der Waals surface area contributed by atoms with Crippen LogP contribution in [0.4, 0.5) is 20.7 Å². The van der Waals surface area contributed by atoms with E-state index in [1.165, 1.54) is 51.7 Å². The number of pyridine rings is 2. The van der Waals surface area contributed by atoms with Gasteiger partial charge >= 0.3 is 6.09 Å². The number of methoxy groups -OCH3 is 1. The minimum atomic E-state index is -1.67. The molecule has 2 heterocycles. The fourth-order valence-corrected chi connectivity index (χ4v) is 3.42. The molecule has 0 atom stereocenters. The lowest BCUT2D eigenvalue weighted by atomic mass is 10.0. The average Bonchev–Trinajstić information content (AvgIpc) is 2.87. The van der Waals surface area contributed by atoms with Crippen molar-refractivity contribution in [2.75, 3.05) is 17.7 Å². The van der Waals surface area contributed by atoms with Gasteiger partial charge in [-0.2, -0.15) is 0 Å². The molecule has 0 spiro atoms. The van der Waals surface area contributed by atoms with Gasteiger partial charge in [-0.25, -0.2) is 14.2 Å². The van der Waals surface area contributed by atoms with Gasteiger partial charge < -0.3 is 21.5 Å². The quantitative estimate of drug-likeness (QED) is 0.341. The first kappa shape index (κ1) is 26.9. The Morgan fingerprint density at radius 1 is 1.03 bits per heavy atom. The molecule has 2 amide bonds. The molecule has 0 aliphatic carbocycles. The van der Waals surface area contributed by atoms with Crippen LogP contribution in [0.15, 0.2) is 67.1 Å². The Balaban J connectivity index is 1.86. The average molecular weight is 505 g/mol. The predicted octanol–water partition coefficient (Wildman–Crippen LogP) is 4.72. The minimum Gasteiger partial charge on any atom is -0.453 e. The first-order valence-corrected chi connectivity index (χ1v) is 11.3. The van der Waals surface area contributed by atoms with Crippen molar-refractivity contribution >= 4 is 34.8 Å². The second-order valence-electron chi connectivity index (χ2n) is 8.65. The number of halogens is 1. The molecule has 37 heavy (non-hydrogen) atoms. The highest BCUT2D eigenvalue weighted by Crippen LogP contribution is 2.26. The lowest BCUT2D eigenvalue weighted by molar-refractivity contribution is 0.102. The number of rotatable bonds is 7. The molecular formula is C27H29FN6O3. The molecule has 1 aromatic carbocycles. The second kappa shape index (κ2) is 11.3. The van der Waals surface area contributed by atoms with Crippen molar-refractivity contribution in [1.82, 2.24) is 9.97 Å². The zero-order chi connectivity index (χ0) is 27.2. The van der Waals surface area contributed by atoms with E-state index in [1.54, 1.807) is 30.3 Å². The van der Waals surface area contributed by atoms with Crippen LogP contribution < -0.4 is 22.1 Å². The van der Waals surface area contributed by atoms with Gasteiger partial charge in [-0.15, -0.1) is 0 Å². The number of amides is 2. The van der Waals surface area contributed by atoms with Crippen molar-refractivity contribution in [1.29, 1.82) is 0 Å². The number of hydrogen-bond donors (Lipinski definition) is 4. The van der Waals surface area contributed by atoms with Crippen LogP contribution in [-0.2, 0) is 10.4 Å². The van der Waals surface area contributed by atoms with Crippen LogP contribution in [0.1, 0.15) is 46.6 Å². The number of ether oxygens (including phenoxy) is 1. The molecule has 192 valence electrons. The molecule has 2 aromatic heterocycles. The summed E-state index contributed by atoms with van der Waals surface area (Å²) in [5.41, 5.74) is 14.8. The highest BCUT2D eigenvalue weighted by atomic mass is 19.1. The lowest BCUT2D eigenvalue weighted by Crippen LogP contribution is -2.16. The zero-order valence-electron chi connectivity index (χ0n) is 21.0. The number of allylic oxidation sites excluding steroid dienone is 2. The van der Waals surface area contributed by atoms with Crippen molar-refractivity contribution in [3.63, 3.8) is 0 Å². The zero-order valence-corrected chi connectivity index (χ0v) is 21.0. The van der Waals surface area contributed by atoms with Gasteiger partial charge in [0.1, 0.15) is 11.5 Å². The Labute approximate surface area is 214 Å². The summed E-state index contributed by atoms with van der Waals surface area (Å²) in [5, 5.41) is 5.32. The molecule has 3 aromatic rings. The highest BCUT2D eigenvalue weighted by molar-refractivity contribution is 6.04. The summed E-state index contributed by atoms with van der Waals surface area (Å²) in [6, 6.07) is 11.6. The SMILES string of the molecule is COC(=O)Nc1cc(C(/C=C(\N)c2cc(NC(=O)c3ccnc(C(C)(C)F)c3)ccc2C)=C/N)ccn1. The molecule has 0 bridgehead atoms. The summed E-state index contributed by atoms with van der Waals surface area (Å²) in [7, 11) is 1.26. The van der Waals surface area contributed by atoms with Crippen molar-refractivity contribution < 1.29 is 18.7 Å². The van der Waals surface area contributed by atoms with Crippen molar-refractivity contribution in [3.8, 4) is 0 Å². The molecule has 6 N–H and O–H groups in total. The number of nitrogens with two attached hydrogens (primary N) is 2. The first-order valence-electron chi connectivity index (χ1n) is 11.3. The van der Waals surface area contributed by atoms with Crippen molar-refractivity contribution in [2.45, 2.75) is 26.4 Å². The maximum absolute atomic E-state index is 14.3. The third kappa shape index (κ3) is 6.91. The van der Waals surface area contributed by atoms with E-state index in [0.717, 1.165) is 5.56 Å². The van der Waals surface area contributed by atoms with E-state index in [4.69, 9.17) is 11.5 Å². The second-order valence-corrected chi connectivity index (χ2v) is 8.65. The topological polar surface area (TPSA) is 145 Å². The number of alkyl halides is 1. The molecular weight excluding hydrogens is 475 g/mol. The number of aromatic nitrogens is 2. The Morgan fingerprint density at radius 3 is 2.41 bits per heavy atom. The maximum atomic E-state index is 14.3. The van der Waals surface area contributed by atoms with Crippen molar-refractivity contribution in [3.05, 3.63) is 95.1 Å². The summed E-state index contributed by atoms with van der Waals surface area (Å²) >= 11 is 0. The minimum absolute atomic E-state index is 0.166. The number of carbonyl (C=O) groups excluding carboxylic acids is 2. The Hall–Kier alpha value is -4.73. The van der Waals surface area contributed by atoms with Gasteiger partial charge in [-0.3, -0.25) is 15.1 Å². The summed E-state index contributed by atoms with van der Waals surface area (Å²) in [5.74, 6) is -0.123. The molecule has 3 rings (SSSR count). The Morgan fingerprint density at radius 2 is 1.73 bits per heavy atom. The number of benzene rings is 1. The van der Waals surface area contributed by atoms with E-state index in [-0.39, 0.29) is 17.1 Å². The maximum Gasteiger partial charge on any atom is 0.412 e. The number of carbonyl (C=O) groups is 2.